The maximum atomic E-state index is 12.6. The Morgan fingerprint density at radius 1 is 1.33 bits per heavy atom. The minimum Gasteiger partial charge on any atom is -0.480 e. The number of carboxylic acids is 1. The van der Waals surface area contributed by atoms with Crippen LogP contribution in [0.15, 0.2) is 41.4 Å². The van der Waals surface area contributed by atoms with Crippen molar-refractivity contribution in [2.45, 2.75) is 24.8 Å². The number of benzene rings is 1. The number of aliphatic carboxylic acids is 1. The fourth-order valence-electron chi connectivity index (χ4n) is 2.01. The van der Waals surface area contributed by atoms with Gasteiger partial charge in [0.15, 0.2) is 0 Å². The summed E-state index contributed by atoms with van der Waals surface area (Å²) in [6.45, 7) is 2.69. The van der Waals surface area contributed by atoms with Gasteiger partial charge in [0.2, 0.25) is 10.0 Å². The minimum atomic E-state index is -3.90. The first-order chi connectivity index (χ1) is 9.82. The van der Waals surface area contributed by atoms with Crippen LogP contribution in [0.4, 0.5) is 0 Å². The van der Waals surface area contributed by atoms with Gasteiger partial charge in [-0.1, -0.05) is 18.2 Å². The van der Waals surface area contributed by atoms with E-state index < -0.39 is 28.6 Å². The Labute approximate surface area is 123 Å². The lowest BCUT2D eigenvalue weighted by molar-refractivity contribution is -0.137. The number of fused-ring (bicyclic) bond motifs is 1. The van der Waals surface area contributed by atoms with E-state index in [1.54, 1.807) is 32.0 Å². The standard InChI is InChI=1S/C14H16N2O4S/c1-10(2)16(9-14(17)18)21(19,20)12-7-11-5-3-4-6-13(11)15-8-12/h3-8,10H,9H2,1-2H3,(H,17,18). The van der Waals surface area contributed by atoms with E-state index in [-0.39, 0.29) is 4.90 Å². The molecule has 0 fully saturated rings. The highest BCUT2D eigenvalue weighted by Crippen LogP contribution is 2.21. The van der Waals surface area contributed by atoms with Gasteiger partial charge in [-0.05, 0) is 26.0 Å². The van der Waals surface area contributed by atoms with Crippen LogP contribution in [0, 0.1) is 0 Å². The van der Waals surface area contributed by atoms with E-state index in [1.165, 1.54) is 12.3 Å². The molecule has 6 nitrogen and oxygen atoms in total. The normalized spacial score (nSPS) is 12.2. The summed E-state index contributed by atoms with van der Waals surface area (Å²) in [5.41, 5.74) is 0.686. The van der Waals surface area contributed by atoms with Crippen molar-refractivity contribution in [3.63, 3.8) is 0 Å². The van der Waals surface area contributed by atoms with Crippen LogP contribution >= 0.6 is 0 Å². The fraction of sp³-hybridized carbons (Fsp3) is 0.286. The summed E-state index contributed by atoms with van der Waals surface area (Å²) >= 11 is 0. The molecule has 0 amide bonds. The Morgan fingerprint density at radius 2 is 2.00 bits per heavy atom. The van der Waals surface area contributed by atoms with Gasteiger partial charge in [-0.15, -0.1) is 0 Å². The van der Waals surface area contributed by atoms with E-state index in [2.05, 4.69) is 4.98 Å². The molecule has 1 aromatic carbocycles. The lowest BCUT2D eigenvalue weighted by Crippen LogP contribution is -2.40. The number of sulfonamides is 1. The molecule has 7 heteroatoms. The van der Waals surface area contributed by atoms with Crippen molar-refractivity contribution >= 4 is 26.9 Å². The van der Waals surface area contributed by atoms with Gasteiger partial charge in [0.25, 0.3) is 0 Å². The maximum absolute atomic E-state index is 12.6. The molecule has 2 rings (SSSR count). The number of para-hydroxylation sites is 1. The molecule has 21 heavy (non-hydrogen) atoms. The molecule has 0 saturated carbocycles. The van der Waals surface area contributed by atoms with Crippen LogP contribution in [0.3, 0.4) is 0 Å². The fourth-order valence-corrected chi connectivity index (χ4v) is 3.57. The quantitative estimate of drug-likeness (QED) is 0.908. The van der Waals surface area contributed by atoms with Crippen LogP contribution in [-0.2, 0) is 14.8 Å². The van der Waals surface area contributed by atoms with Gasteiger partial charge in [0.1, 0.15) is 11.4 Å². The second kappa shape index (κ2) is 5.79. The highest BCUT2D eigenvalue weighted by molar-refractivity contribution is 7.89. The molecule has 0 unspecified atom stereocenters. The predicted octanol–water partition coefficient (Wildman–Crippen LogP) is 1.72. The highest BCUT2D eigenvalue weighted by Gasteiger charge is 2.29. The number of nitrogens with zero attached hydrogens (tertiary/aromatic N) is 2. The topological polar surface area (TPSA) is 87.6 Å². The Balaban J connectivity index is 2.51. The van der Waals surface area contributed by atoms with Gasteiger partial charge in [-0.2, -0.15) is 4.31 Å². The van der Waals surface area contributed by atoms with Gasteiger partial charge in [-0.25, -0.2) is 8.42 Å². The summed E-state index contributed by atoms with van der Waals surface area (Å²) in [7, 11) is -3.90. The number of carboxylic acid groups (broad SMARTS) is 1. The molecule has 0 saturated heterocycles. The Kier molecular flexibility index (Phi) is 4.24. The molecule has 0 bridgehead atoms. The van der Waals surface area contributed by atoms with Crippen LogP contribution in [0.2, 0.25) is 0 Å². The third kappa shape index (κ3) is 3.20. The number of rotatable bonds is 5. The average molecular weight is 308 g/mol. The van der Waals surface area contributed by atoms with Crippen LogP contribution in [0.5, 0.6) is 0 Å². The SMILES string of the molecule is CC(C)N(CC(=O)O)S(=O)(=O)c1cnc2ccccc2c1. The van der Waals surface area contributed by atoms with Gasteiger partial charge in [0.05, 0.1) is 5.52 Å². The summed E-state index contributed by atoms with van der Waals surface area (Å²) in [6.07, 6.45) is 1.26. The Morgan fingerprint density at radius 3 is 2.62 bits per heavy atom. The van der Waals surface area contributed by atoms with Gasteiger partial charge < -0.3 is 5.11 Å². The average Bonchev–Trinajstić information content (AvgIpc) is 2.43. The Bertz CT molecular complexity index is 771. The van der Waals surface area contributed by atoms with Gasteiger partial charge in [0, 0.05) is 17.6 Å². The molecule has 1 heterocycles. The predicted molar refractivity (Wildman–Crippen MR) is 78.4 cm³/mol. The van der Waals surface area contributed by atoms with E-state index >= 15 is 0 Å². The smallest absolute Gasteiger partial charge is 0.318 e. The van der Waals surface area contributed by atoms with Crippen LogP contribution in [0.1, 0.15) is 13.8 Å². The zero-order valence-electron chi connectivity index (χ0n) is 11.7. The third-order valence-electron chi connectivity index (χ3n) is 3.04. The van der Waals surface area contributed by atoms with E-state index in [0.29, 0.717) is 10.9 Å². The number of hydrogen-bond acceptors (Lipinski definition) is 4. The van der Waals surface area contributed by atoms with Crippen molar-refractivity contribution in [1.29, 1.82) is 0 Å². The molecule has 0 aliphatic rings. The number of carbonyl (C=O) groups is 1. The summed E-state index contributed by atoms with van der Waals surface area (Å²) < 4.78 is 26.1. The monoisotopic (exact) mass is 308 g/mol. The second-order valence-electron chi connectivity index (χ2n) is 4.90. The van der Waals surface area contributed by atoms with Crippen molar-refractivity contribution < 1.29 is 18.3 Å². The van der Waals surface area contributed by atoms with E-state index in [4.69, 9.17) is 5.11 Å². The molecular weight excluding hydrogens is 292 g/mol. The zero-order chi connectivity index (χ0) is 15.6. The zero-order valence-corrected chi connectivity index (χ0v) is 12.5. The molecule has 0 spiro atoms. The molecule has 112 valence electrons. The highest BCUT2D eigenvalue weighted by atomic mass is 32.2. The third-order valence-corrected chi connectivity index (χ3v) is 5.03. The molecule has 0 aliphatic heterocycles. The molecular formula is C14H16N2O4S. The van der Waals surface area contributed by atoms with Crippen LogP contribution in [0.25, 0.3) is 10.9 Å². The molecule has 1 aromatic heterocycles. The van der Waals surface area contributed by atoms with Gasteiger partial charge in [-0.3, -0.25) is 9.78 Å². The summed E-state index contributed by atoms with van der Waals surface area (Å²) in [4.78, 5) is 15.0. The van der Waals surface area contributed by atoms with Gasteiger partial charge >= 0.3 is 5.97 Å². The van der Waals surface area contributed by atoms with E-state index in [1.807, 2.05) is 6.07 Å². The lowest BCUT2D eigenvalue weighted by Gasteiger charge is -2.24. The first-order valence-electron chi connectivity index (χ1n) is 6.41. The molecule has 0 atom stereocenters. The molecule has 0 aliphatic carbocycles. The van der Waals surface area contributed by atoms with E-state index in [0.717, 1.165) is 4.31 Å². The number of pyridine rings is 1. The van der Waals surface area contributed by atoms with Crippen molar-refractivity contribution in [2.75, 3.05) is 6.54 Å². The lowest BCUT2D eigenvalue weighted by atomic mass is 10.2. The largest absolute Gasteiger partial charge is 0.480 e. The molecule has 0 radical (unpaired) electrons. The first-order valence-corrected chi connectivity index (χ1v) is 7.85. The molecule has 1 N–H and O–H groups in total. The number of aromatic nitrogens is 1. The minimum absolute atomic E-state index is 0.00356. The van der Waals surface area contributed by atoms with Crippen molar-refractivity contribution in [3.8, 4) is 0 Å². The van der Waals surface area contributed by atoms with Crippen molar-refractivity contribution in [1.82, 2.24) is 9.29 Å². The summed E-state index contributed by atoms with van der Waals surface area (Å²) in [6, 6.07) is 8.19. The number of hydrogen-bond donors (Lipinski definition) is 1. The van der Waals surface area contributed by atoms with Crippen LogP contribution in [-0.4, -0.2) is 41.4 Å². The van der Waals surface area contributed by atoms with Crippen molar-refractivity contribution in [3.05, 3.63) is 36.5 Å². The van der Waals surface area contributed by atoms with E-state index in [9.17, 15) is 13.2 Å². The summed E-state index contributed by atoms with van der Waals surface area (Å²) in [5, 5.41) is 9.59. The first kappa shape index (κ1) is 15.4. The maximum Gasteiger partial charge on any atom is 0.318 e. The molecule has 2 aromatic rings. The van der Waals surface area contributed by atoms with Crippen molar-refractivity contribution in [2.24, 2.45) is 0 Å². The van der Waals surface area contributed by atoms with Crippen LogP contribution < -0.4 is 0 Å². The summed E-state index contributed by atoms with van der Waals surface area (Å²) in [5.74, 6) is -1.19. The Hall–Kier alpha value is -1.99. The second-order valence-corrected chi connectivity index (χ2v) is 6.79.